The maximum Gasteiger partial charge on any atom is 0.321 e. The summed E-state index contributed by atoms with van der Waals surface area (Å²) in [4.78, 5) is 12.9. The average molecular weight is 233 g/mol. The molecule has 0 spiro atoms. The van der Waals surface area contributed by atoms with Gasteiger partial charge in [-0.1, -0.05) is 0 Å². The SMILES string of the molecule is O=C(O)C1CSCCN1C1COCC1O. The molecule has 86 valence electrons. The topological polar surface area (TPSA) is 70.0 Å². The summed E-state index contributed by atoms with van der Waals surface area (Å²) < 4.78 is 5.16. The van der Waals surface area contributed by atoms with E-state index in [1.165, 1.54) is 0 Å². The van der Waals surface area contributed by atoms with Crippen LogP contribution in [0.3, 0.4) is 0 Å². The number of aliphatic hydroxyl groups excluding tert-OH is 1. The maximum absolute atomic E-state index is 11.1. The first-order chi connectivity index (χ1) is 7.20. The normalized spacial score (nSPS) is 38.1. The monoisotopic (exact) mass is 233 g/mol. The van der Waals surface area contributed by atoms with Crippen molar-refractivity contribution in [1.29, 1.82) is 0 Å². The van der Waals surface area contributed by atoms with Crippen LogP contribution in [0.5, 0.6) is 0 Å². The highest BCUT2D eigenvalue weighted by Crippen LogP contribution is 2.23. The summed E-state index contributed by atoms with van der Waals surface area (Å²) in [5.41, 5.74) is 0. The van der Waals surface area contributed by atoms with E-state index in [4.69, 9.17) is 9.84 Å². The molecule has 2 saturated heterocycles. The number of aliphatic carboxylic acids is 1. The molecule has 0 aromatic carbocycles. The first kappa shape index (κ1) is 11.2. The van der Waals surface area contributed by atoms with Crippen molar-refractivity contribution >= 4 is 17.7 Å². The Kier molecular flexibility index (Phi) is 3.50. The molecular weight excluding hydrogens is 218 g/mol. The van der Waals surface area contributed by atoms with E-state index in [1.807, 2.05) is 4.90 Å². The minimum Gasteiger partial charge on any atom is -0.480 e. The highest BCUT2D eigenvalue weighted by molar-refractivity contribution is 7.99. The Morgan fingerprint density at radius 2 is 2.27 bits per heavy atom. The molecule has 3 unspecified atom stereocenters. The van der Waals surface area contributed by atoms with E-state index in [2.05, 4.69) is 0 Å². The van der Waals surface area contributed by atoms with Gasteiger partial charge in [0, 0.05) is 18.1 Å². The second kappa shape index (κ2) is 4.69. The fraction of sp³-hybridized carbons (Fsp3) is 0.889. The third-order valence-corrected chi connectivity index (χ3v) is 3.92. The fourth-order valence-corrected chi connectivity index (χ4v) is 3.14. The molecule has 5 nitrogen and oxygen atoms in total. The predicted octanol–water partition coefficient (Wildman–Crippen LogP) is -0.752. The third-order valence-electron chi connectivity index (χ3n) is 2.90. The Hall–Kier alpha value is -0.300. The van der Waals surface area contributed by atoms with Crippen molar-refractivity contribution in [2.75, 3.05) is 31.3 Å². The van der Waals surface area contributed by atoms with Crippen LogP contribution in [0.15, 0.2) is 0 Å². The number of rotatable bonds is 2. The molecule has 3 atom stereocenters. The average Bonchev–Trinajstić information content (AvgIpc) is 2.64. The summed E-state index contributed by atoms with van der Waals surface area (Å²) in [6, 6.07) is -0.628. The minimum atomic E-state index is -0.804. The lowest BCUT2D eigenvalue weighted by Crippen LogP contribution is -2.55. The van der Waals surface area contributed by atoms with E-state index in [1.54, 1.807) is 11.8 Å². The molecule has 0 aromatic heterocycles. The van der Waals surface area contributed by atoms with Crippen LogP contribution in [-0.2, 0) is 9.53 Å². The van der Waals surface area contributed by atoms with Crippen LogP contribution in [0.4, 0.5) is 0 Å². The molecule has 0 aromatic rings. The van der Waals surface area contributed by atoms with Crippen LogP contribution in [0.1, 0.15) is 0 Å². The van der Waals surface area contributed by atoms with Crippen LogP contribution in [0.25, 0.3) is 0 Å². The summed E-state index contributed by atoms with van der Waals surface area (Å²) in [5, 5.41) is 18.8. The van der Waals surface area contributed by atoms with Crippen molar-refractivity contribution in [2.45, 2.75) is 18.2 Å². The van der Waals surface area contributed by atoms with Crippen LogP contribution >= 0.6 is 11.8 Å². The molecule has 15 heavy (non-hydrogen) atoms. The zero-order chi connectivity index (χ0) is 10.8. The van der Waals surface area contributed by atoms with E-state index in [-0.39, 0.29) is 6.04 Å². The predicted molar refractivity (Wildman–Crippen MR) is 56.1 cm³/mol. The van der Waals surface area contributed by atoms with Gasteiger partial charge >= 0.3 is 5.97 Å². The van der Waals surface area contributed by atoms with Crippen molar-refractivity contribution in [3.8, 4) is 0 Å². The van der Waals surface area contributed by atoms with Crippen LogP contribution < -0.4 is 0 Å². The van der Waals surface area contributed by atoms with E-state index in [9.17, 15) is 9.90 Å². The van der Waals surface area contributed by atoms with Crippen molar-refractivity contribution in [1.82, 2.24) is 4.90 Å². The minimum absolute atomic E-state index is 0.146. The van der Waals surface area contributed by atoms with Gasteiger partial charge in [0.25, 0.3) is 0 Å². The zero-order valence-electron chi connectivity index (χ0n) is 8.33. The number of carboxylic acids is 1. The molecule has 0 radical (unpaired) electrons. The number of hydrogen-bond acceptors (Lipinski definition) is 5. The quantitative estimate of drug-likeness (QED) is 0.654. The van der Waals surface area contributed by atoms with Crippen LogP contribution in [0, 0.1) is 0 Å². The molecule has 0 saturated carbocycles. The van der Waals surface area contributed by atoms with Gasteiger partial charge in [-0.2, -0.15) is 11.8 Å². The lowest BCUT2D eigenvalue weighted by atomic mass is 10.1. The zero-order valence-corrected chi connectivity index (χ0v) is 9.15. The molecular formula is C9H15NO4S. The first-order valence-electron chi connectivity index (χ1n) is 5.02. The molecule has 2 rings (SSSR count). The van der Waals surface area contributed by atoms with E-state index in [0.29, 0.717) is 25.5 Å². The van der Waals surface area contributed by atoms with Gasteiger partial charge < -0.3 is 14.9 Å². The number of hydrogen-bond donors (Lipinski definition) is 2. The lowest BCUT2D eigenvalue weighted by Gasteiger charge is -2.37. The fourth-order valence-electron chi connectivity index (χ4n) is 2.08. The standard InChI is InChI=1S/C9H15NO4S/c11-8-4-14-3-6(8)10-1-2-15-5-7(10)9(12)13/h6-8,11H,1-5H2,(H,12,13). The molecule has 0 aliphatic carbocycles. The smallest absolute Gasteiger partial charge is 0.321 e. The van der Waals surface area contributed by atoms with Gasteiger partial charge in [-0.3, -0.25) is 9.69 Å². The maximum atomic E-state index is 11.1. The number of nitrogens with zero attached hydrogens (tertiary/aromatic N) is 1. The Morgan fingerprint density at radius 3 is 2.87 bits per heavy atom. The van der Waals surface area contributed by atoms with Crippen molar-refractivity contribution in [3.63, 3.8) is 0 Å². The van der Waals surface area contributed by atoms with E-state index >= 15 is 0 Å². The van der Waals surface area contributed by atoms with Crippen LogP contribution in [-0.4, -0.2) is 70.5 Å². The van der Waals surface area contributed by atoms with Crippen molar-refractivity contribution in [2.24, 2.45) is 0 Å². The molecule has 0 bridgehead atoms. The number of carboxylic acid groups (broad SMARTS) is 1. The summed E-state index contributed by atoms with van der Waals surface area (Å²) in [6.45, 7) is 1.48. The number of carbonyl (C=O) groups is 1. The molecule has 2 aliphatic rings. The highest BCUT2D eigenvalue weighted by atomic mass is 32.2. The third kappa shape index (κ3) is 2.28. The Morgan fingerprint density at radius 1 is 1.47 bits per heavy atom. The Balaban J connectivity index is 2.06. The molecule has 2 fully saturated rings. The van der Waals surface area contributed by atoms with Crippen LogP contribution in [0.2, 0.25) is 0 Å². The van der Waals surface area contributed by atoms with E-state index < -0.39 is 18.1 Å². The number of aliphatic hydroxyl groups is 1. The lowest BCUT2D eigenvalue weighted by molar-refractivity contribution is -0.144. The Labute approximate surface area is 92.4 Å². The number of thioether (sulfide) groups is 1. The van der Waals surface area contributed by atoms with Gasteiger partial charge in [-0.05, 0) is 0 Å². The molecule has 0 amide bonds. The van der Waals surface area contributed by atoms with Gasteiger partial charge in [-0.25, -0.2) is 0 Å². The van der Waals surface area contributed by atoms with Gasteiger partial charge in [-0.15, -0.1) is 0 Å². The summed E-state index contributed by atoms with van der Waals surface area (Å²) in [7, 11) is 0. The molecule has 6 heteroatoms. The van der Waals surface area contributed by atoms with E-state index in [0.717, 1.165) is 5.75 Å². The van der Waals surface area contributed by atoms with Gasteiger partial charge in [0.2, 0.25) is 0 Å². The van der Waals surface area contributed by atoms with Crippen molar-refractivity contribution in [3.05, 3.63) is 0 Å². The number of ether oxygens (including phenoxy) is 1. The summed E-state index contributed by atoms with van der Waals surface area (Å²) in [5.74, 6) is 0.715. The second-order valence-corrected chi connectivity index (χ2v) is 4.99. The largest absolute Gasteiger partial charge is 0.480 e. The molecule has 2 N–H and O–H groups in total. The van der Waals surface area contributed by atoms with Gasteiger partial charge in [0.15, 0.2) is 0 Å². The second-order valence-electron chi connectivity index (χ2n) is 3.84. The summed E-state index contributed by atoms with van der Waals surface area (Å²) >= 11 is 1.65. The summed E-state index contributed by atoms with van der Waals surface area (Å²) in [6.07, 6.45) is -0.546. The van der Waals surface area contributed by atoms with Crippen molar-refractivity contribution < 1.29 is 19.7 Å². The highest BCUT2D eigenvalue weighted by Gasteiger charge is 2.39. The molecule has 2 aliphatic heterocycles. The van der Waals surface area contributed by atoms with Gasteiger partial charge in [0.1, 0.15) is 6.04 Å². The Bertz CT molecular complexity index is 250. The van der Waals surface area contributed by atoms with Gasteiger partial charge in [0.05, 0.1) is 25.4 Å². The molecule has 2 heterocycles. The first-order valence-corrected chi connectivity index (χ1v) is 6.17.